The van der Waals surface area contributed by atoms with Crippen LogP contribution in [0.3, 0.4) is 0 Å². The topological polar surface area (TPSA) is 218 Å². The minimum absolute atomic E-state index is 0.0417. The lowest BCUT2D eigenvalue weighted by Gasteiger charge is -1.98. The molecule has 12 rings (SSSR count). The number of likely N-dealkylation sites (N-methyl/N-ethyl adjacent to an activating group) is 1. The first-order chi connectivity index (χ1) is 32.4. The second-order valence-electron chi connectivity index (χ2n) is 14.5. The van der Waals surface area contributed by atoms with E-state index in [2.05, 4.69) is 147 Å². The maximum Gasteiger partial charge on any atom is 0.267 e. The lowest BCUT2D eigenvalue weighted by molar-refractivity contribution is -0.127. The molecule has 0 fully saturated rings. The molecule has 0 bridgehead atoms. The smallest absolute Gasteiger partial charge is 0.267 e. The van der Waals surface area contributed by atoms with Crippen molar-refractivity contribution in [1.29, 1.82) is 0 Å². The van der Waals surface area contributed by atoms with Crippen LogP contribution < -0.4 is 0 Å². The van der Waals surface area contributed by atoms with Gasteiger partial charge < -0.3 is 9.13 Å². The van der Waals surface area contributed by atoms with E-state index in [4.69, 9.17) is 0 Å². The number of aromatic nitrogens is 14. The molecule has 67 heavy (non-hydrogen) atoms. The largest absolute Gasteiger partial charge is 0.351 e. The summed E-state index contributed by atoms with van der Waals surface area (Å²) in [5.74, 6) is 0.0278. The average Bonchev–Trinajstić information content (AvgIpc) is 4.25. The minimum atomic E-state index is -0.0417. The van der Waals surface area contributed by atoms with Gasteiger partial charge in [-0.2, -0.15) is 20.1 Å². The number of tetrazole rings is 2. The Morgan fingerprint density at radius 2 is 1.24 bits per heavy atom. The van der Waals surface area contributed by atoms with E-state index in [1.54, 1.807) is 34.4 Å². The molecule has 0 aliphatic carbocycles. The van der Waals surface area contributed by atoms with Crippen LogP contribution in [0.2, 0.25) is 0 Å². The summed E-state index contributed by atoms with van der Waals surface area (Å²) in [7, 11) is 12.7. The highest BCUT2D eigenvalue weighted by atomic mass is 16.2. The number of benzene rings is 4. The fourth-order valence-corrected chi connectivity index (χ4v) is 5.79. The van der Waals surface area contributed by atoms with Gasteiger partial charge in [-0.3, -0.25) is 19.3 Å². The number of hydrogen-bond donors (Lipinski definition) is 0. The third-order valence-electron chi connectivity index (χ3n) is 9.36. The highest BCUT2D eigenvalue weighted by molar-refractivity contribution is 5.93. The second kappa shape index (κ2) is 25.4. The molecule has 344 valence electrons. The quantitative estimate of drug-likeness (QED) is 0.173. The van der Waals surface area contributed by atoms with Crippen LogP contribution in [0.25, 0.3) is 43.7 Å². The lowest BCUT2D eigenvalue weighted by atomic mass is 10.2. The molecule has 21 nitrogen and oxygen atoms in total. The molecular weight excluding hydrogens is 851 g/mol. The Labute approximate surface area is 386 Å². The number of imidazole rings is 1. The molecule has 0 radical (unpaired) electrons. The van der Waals surface area contributed by atoms with Crippen LogP contribution in [-0.4, -0.2) is 118 Å². The summed E-state index contributed by atoms with van der Waals surface area (Å²) >= 11 is 0. The van der Waals surface area contributed by atoms with Gasteiger partial charge in [0.2, 0.25) is 5.91 Å². The van der Waals surface area contributed by atoms with Gasteiger partial charge in [0.25, 0.3) is 5.91 Å². The first-order valence-corrected chi connectivity index (χ1v) is 20.7. The van der Waals surface area contributed by atoms with E-state index in [9.17, 15) is 9.59 Å². The number of hydrogen-bond acceptors (Lipinski definition) is 14. The van der Waals surface area contributed by atoms with Crippen LogP contribution in [-0.2, 0) is 44.8 Å². The fourth-order valence-electron chi connectivity index (χ4n) is 5.79. The lowest BCUT2D eigenvalue weighted by Crippen LogP contribution is -2.16. The van der Waals surface area contributed by atoms with E-state index in [1.165, 1.54) is 70.4 Å². The number of nitrogens with zero attached hydrogens (tertiary/aromatic N) is 19. The normalized spacial score (nSPS) is 11.9. The molecule has 0 atom stereocenters. The number of fused-ring (bicyclic) bond motifs is 4. The van der Waals surface area contributed by atoms with Crippen LogP contribution in [0.4, 0.5) is 0 Å². The molecule has 0 spiro atoms. The Hall–Kier alpha value is -8.88. The summed E-state index contributed by atoms with van der Waals surface area (Å²) < 4.78 is 7.53. The molecule has 0 saturated heterocycles. The Kier molecular flexibility index (Phi) is 18.6. The highest BCUT2D eigenvalue weighted by Crippen LogP contribution is 2.14. The molecule has 2 aliphatic rings. The number of rotatable bonds is 0. The number of carbonyl (C=O) groups is 2. The van der Waals surface area contributed by atoms with E-state index < -0.39 is 0 Å². The van der Waals surface area contributed by atoms with Crippen molar-refractivity contribution < 1.29 is 9.59 Å². The van der Waals surface area contributed by atoms with Crippen molar-refractivity contribution in [2.24, 2.45) is 50.7 Å². The van der Waals surface area contributed by atoms with Gasteiger partial charge in [0.05, 0.1) is 48.1 Å². The van der Waals surface area contributed by atoms with Gasteiger partial charge >= 0.3 is 0 Å². The Bertz CT molecular complexity index is 2860. The predicted molar refractivity (Wildman–Crippen MR) is 257 cm³/mol. The van der Waals surface area contributed by atoms with Gasteiger partial charge in [0.1, 0.15) is 12.9 Å². The van der Waals surface area contributed by atoms with Gasteiger partial charge in [-0.1, -0.05) is 72.0 Å². The predicted octanol–water partition coefficient (Wildman–Crippen LogP) is 5.95. The Balaban J connectivity index is 0.000000145. The zero-order valence-corrected chi connectivity index (χ0v) is 38.7. The number of amides is 2. The zero-order chi connectivity index (χ0) is 48.0. The van der Waals surface area contributed by atoms with Crippen molar-refractivity contribution >= 4 is 61.8 Å². The number of aryl methyl sites for hydroxylation is 6. The molecule has 0 saturated carbocycles. The molecule has 4 aromatic carbocycles. The van der Waals surface area contributed by atoms with Crippen molar-refractivity contribution in [3.05, 3.63) is 152 Å². The van der Waals surface area contributed by atoms with Gasteiger partial charge in [-0.25, -0.2) is 19.7 Å². The maximum absolute atomic E-state index is 10.4. The van der Waals surface area contributed by atoms with Crippen molar-refractivity contribution in [2.45, 2.75) is 13.3 Å². The molecule has 10 aromatic rings. The molecule has 6 aromatic heterocycles. The highest BCUT2D eigenvalue weighted by Gasteiger charge is 2.11. The van der Waals surface area contributed by atoms with Crippen LogP contribution in [0.1, 0.15) is 12.0 Å². The fraction of sp³-hybridized carbons (Fsp3) is 0.217. The second-order valence-corrected chi connectivity index (χ2v) is 14.5. The van der Waals surface area contributed by atoms with Crippen LogP contribution in [0.15, 0.2) is 162 Å². The van der Waals surface area contributed by atoms with E-state index in [1.807, 2.05) is 90.6 Å². The minimum Gasteiger partial charge on any atom is -0.351 e. The van der Waals surface area contributed by atoms with E-state index in [0.29, 0.717) is 6.42 Å². The summed E-state index contributed by atoms with van der Waals surface area (Å²) in [6, 6.07) is 37.0. The van der Waals surface area contributed by atoms with Crippen LogP contribution in [0.5, 0.6) is 0 Å². The van der Waals surface area contributed by atoms with Crippen LogP contribution in [0, 0.1) is 6.92 Å². The molecule has 2 aliphatic heterocycles. The third kappa shape index (κ3) is 15.7. The first kappa shape index (κ1) is 49.1. The maximum atomic E-state index is 10.4. The average molecular weight is 904 g/mol. The Morgan fingerprint density at radius 3 is 1.73 bits per heavy atom. The van der Waals surface area contributed by atoms with Crippen molar-refractivity contribution in [1.82, 2.24) is 79.3 Å². The number of carbonyl (C=O) groups excluding carboxylic acids is 2. The SMILES string of the molecule is CN1N=CCC1=O.CN1N=NCC1=O.Cc1cnc2ccccc2c1.Cn1ccc2ccccc21.Cn1cnc2ccccc21.Cn1cnnn1.Cn1ncc2ccccc21.Cn1ncnn1. The molecule has 0 N–H and O–H groups in total. The summed E-state index contributed by atoms with van der Waals surface area (Å²) in [4.78, 5) is 30.5. The van der Waals surface area contributed by atoms with E-state index in [0.717, 1.165) is 11.0 Å². The molecule has 8 heterocycles. The van der Waals surface area contributed by atoms with Crippen molar-refractivity contribution in [3.8, 4) is 0 Å². The molecule has 2 amide bonds. The van der Waals surface area contributed by atoms with Crippen molar-refractivity contribution in [3.63, 3.8) is 0 Å². The zero-order valence-electron chi connectivity index (χ0n) is 38.7. The van der Waals surface area contributed by atoms with Crippen molar-refractivity contribution in [2.75, 3.05) is 20.6 Å². The summed E-state index contributed by atoms with van der Waals surface area (Å²) in [6.07, 6.45) is 12.6. The number of pyridine rings is 1. The molecule has 0 unspecified atom stereocenters. The van der Waals surface area contributed by atoms with E-state index >= 15 is 0 Å². The molecule has 21 heteroatoms. The number of para-hydroxylation sites is 5. The first-order valence-electron chi connectivity index (χ1n) is 20.7. The Morgan fingerprint density at radius 1 is 0.567 bits per heavy atom. The van der Waals surface area contributed by atoms with Gasteiger partial charge in [0, 0.05) is 77.2 Å². The van der Waals surface area contributed by atoms with Crippen LogP contribution >= 0.6 is 0 Å². The van der Waals surface area contributed by atoms with Gasteiger partial charge in [-0.05, 0) is 76.0 Å². The van der Waals surface area contributed by atoms with Gasteiger partial charge in [-0.15, -0.1) is 15.3 Å². The molecular formula is C46H53N19O2. The standard InChI is InChI=1S/C10H9N.C9H9N.2C8H8N2.C4H6N2O.C3H5N3O.2C2H4N4/c1-8-6-9-4-2-3-5-10(9)11-7-8;1-10-7-6-8-4-2-3-5-9(8)10;1-10-6-9-7-4-2-3-5-8(7)10;1-10-8-5-3-2-4-7(8)6-9-10;1-6-4(7)2-3-5-6;1-6-3(7)2-4-5-6;1-6-2-3-4-5-6;1-6-4-2-3-5-6/h2-7H,1H3;2-7H,1H3;2*2-6H,1H3;3H,2H2,1H3;2H2,1H3;2*2H,1H3. The number of hydrazone groups is 1. The third-order valence-corrected chi connectivity index (χ3v) is 9.36. The summed E-state index contributed by atoms with van der Waals surface area (Å²) in [5, 5.41) is 41.6. The summed E-state index contributed by atoms with van der Waals surface area (Å²) in [6.45, 7) is 2.27. The van der Waals surface area contributed by atoms with Gasteiger partial charge in [0.15, 0.2) is 6.33 Å². The monoisotopic (exact) mass is 903 g/mol. The van der Waals surface area contributed by atoms with E-state index in [-0.39, 0.29) is 18.4 Å². The summed E-state index contributed by atoms with van der Waals surface area (Å²) in [5.41, 5.74) is 7.00.